The van der Waals surface area contributed by atoms with E-state index in [-0.39, 0.29) is 24.3 Å². The largest absolute Gasteiger partial charge is 0.483 e. The number of amides is 3. The minimum Gasteiger partial charge on any atom is -0.483 e. The Hall–Kier alpha value is -3.62. The molecule has 0 radical (unpaired) electrons. The summed E-state index contributed by atoms with van der Waals surface area (Å²) in [6.45, 7) is 1.59. The van der Waals surface area contributed by atoms with E-state index in [1.165, 1.54) is 0 Å². The molecule has 3 amide bonds. The number of nitrogens with one attached hydrogen (secondary N) is 2. The predicted molar refractivity (Wildman–Crippen MR) is 126 cm³/mol. The Morgan fingerprint density at radius 2 is 1.82 bits per heavy atom. The lowest BCUT2D eigenvalue weighted by atomic mass is 9.74. The van der Waals surface area contributed by atoms with Crippen LogP contribution in [0.3, 0.4) is 0 Å². The number of allylic oxidation sites excluding steroid dienone is 2. The van der Waals surface area contributed by atoms with Crippen LogP contribution < -0.4 is 15.4 Å². The number of likely N-dealkylation sites (tertiary alicyclic amines) is 1. The molecule has 34 heavy (non-hydrogen) atoms. The molecule has 0 aliphatic carbocycles. The van der Waals surface area contributed by atoms with Crippen molar-refractivity contribution in [2.24, 2.45) is 12.5 Å². The van der Waals surface area contributed by atoms with Gasteiger partial charge < -0.3 is 20.3 Å². The van der Waals surface area contributed by atoms with Gasteiger partial charge in [-0.05, 0) is 43.4 Å². The van der Waals surface area contributed by atoms with Gasteiger partial charge in [-0.2, -0.15) is 5.10 Å². The van der Waals surface area contributed by atoms with Crippen molar-refractivity contribution in [3.63, 3.8) is 0 Å². The zero-order valence-corrected chi connectivity index (χ0v) is 19.5. The Kier molecular flexibility index (Phi) is 7.30. The van der Waals surface area contributed by atoms with Crippen molar-refractivity contribution in [3.05, 3.63) is 59.9 Å². The maximum Gasteiger partial charge on any atom is 0.272 e. The third-order valence-electron chi connectivity index (χ3n) is 6.61. The summed E-state index contributed by atoms with van der Waals surface area (Å²) < 4.78 is 7.27. The molecule has 2 aliphatic rings. The lowest BCUT2D eigenvalue weighted by Gasteiger charge is -2.40. The zero-order valence-electron chi connectivity index (χ0n) is 19.5. The van der Waals surface area contributed by atoms with E-state index in [1.54, 1.807) is 28.9 Å². The van der Waals surface area contributed by atoms with Gasteiger partial charge in [0.2, 0.25) is 5.91 Å². The Morgan fingerprint density at radius 3 is 2.59 bits per heavy atom. The fraction of sp³-hybridized carbons (Fsp3) is 0.440. The van der Waals surface area contributed by atoms with Crippen molar-refractivity contribution in [1.82, 2.24) is 25.3 Å². The Bertz CT molecular complexity index is 1070. The highest BCUT2D eigenvalue weighted by atomic mass is 16.5. The highest BCUT2D eigenvalue weighted by molar-refractivity contribution is 5.93. The maximum atomic E-state index is 13.3. The molecule has 0 bridgehead atoms. The van der Waals surface area contributed by atoms with Crippen LogP contribution in [0.4, 0.5) is 0 Å². The van der Waals surface area contributed by atoms with Crippen molar-refractivity contribution in [2.75, 3.05) is 32.8 Å². The third kappa shape index (κ3) is 5.30. The molecule has 1 aromatic carbocycles. The van der Waals surface area contributed by atoms with Crippen LogP contribution in [0, 0.1) is 5.41 Å². The number of carbonyl (C=O) groups is 3. The predicted octanol–water partition coefficient (Wildman–Crippen LogP) is 1.46. The first kappa shape index (κ1) is 23.5. The normalized spacial score (nSPS) is 20.2. The number of rotatable bonds is 1. The minimum absolute atomic E-state index is 0.0365. The van der Waals surface area contributed by atoms with Gasteiger partial charge in [-0.1, -0.05) is 30.4 Å². The van der Waals surface area contributed by atoms with Gasteiger partial charge in [0.15, 0.2) is 6.61 Å². The van der Waals surface area contributed by atoms with Crippen LogP contribution in [0.2, 0.25) is 0 Å². The average molecular weight is 466 g/mol. The van der Waals surface area contributed by atoms with E-state index in [1.807, 2.05) is 30.3 Å². The quantitative estimate of drug-likeness (QED) is 0.621. The fourth-order valence-electron chi connectivity index (χ4n) is 4.50. The molecule has 0 atom stereocenters. The van der Waals surface area contributed by atoms with E-state index in [0.29, 0.717) is 63.3 Å². The van der Waals surface area contributed by atoms with Gasteiger partial charge >= 0.3 is 0 Å². The zero-order chi connectivity index (χ0) is 24.0. The van der Waals surface area contributed by atoms with Gasteiger partial charge in [0.1, 0.15) is 11.4 Å². The van der Waals surface area contributed by atoms with E-state index in [2.05, 4.69) is 21.8 Å². The van der Waals surface area contributed by atoms with Crippen molar-refractivity contribution in [3.8, 4) is 5.75 Å². The standard InChI is InChI=1S/C25H31N5O4/c1-29-20(9-13-28-29)23(32)30-16-11-25(12-17-30)10-5-4-7-19-6-2-3-8-21(19)34-18-22(31)26-14-15-27-24(25)33/h2-6,8-9,13H,7,10-12,14-18H2,1H3,(H,26,31)(H,27,33)/b5-4+. The minimum atomic E-state index is -0.597. The molecule has 180 valence electrons. The maximum absolute atomic E-state index is 13.3. The van der Waals surface area contributed by atoms with E-state index in [0.717, 1.165) is 5.56 Å². The molecule has 1 saturated heterocycles. The van der Waals surface area contributed by atoms with Crippen molar-refractivity contribution >= 4 is 17.7 Å². The lowest BCUT2D eigenvalue weighted by Crippen LogP contribution is -2.51. The highest BCUT2D eigenvalue weighted by Crippen LogP contribution is 2.36. The summed E-state index contributed by atoms with van der Waals surface area (Å²) in [6, 6.07) is 9.36. The summed E-state index contributed by atoms with van der Waals surface area (Å²) in [5.41, 5.74) is 0.926. The van der Waals surface area contributed by atoms with Gasteiger partial charge in [0, 0.05) is 39.4 Å². The first-order chi connectivity index (χ1) is 16.5. The average Bonchev–Trinajstić information content (AvgIpc) is 3.28. The molecular formula is C25H31N5O4. The second-order valence-electron chi connectivity index (χ2n) is 8.79. The van der Waals surface area contributed by atoms with Crippen LogP contribution in [-0.4, -0.2) is 65.2 Å². The number of nitrogens with zero attached hydrogens (tertiary/aromatic N) is 3. The number of para-hydroxylation sites is 1. The van der Waals surface area contributed by atoms with E-state index < -0.39 is 5.41 Å². The number of piperidine rings is 1. The summed E-state index contributed by atoms with van der Waals surface area (Å²) >= 11 is 0. The second-order valence-corrected chi connectivity index (χ2v) is 8.79. The van der Waals surface area contributed by atoms with Crippen LogP contribution >= 0.6 is 0 Å². The molecule has 4 rings (SSSR count). The summed E-state index contributed by atoms with van der Waals surface area (Å²) in [6.07, 6.45) is 8.07. The fourth-order valence-corrected chi connectivity index (χ4v) is 4.50. The summed E-state index contributed by atoms with van der Waals surface area (Å²) in [7, 11) is 1.75. The lowest BCUT2D eigenvalue weighted by molar-refractivity contribution is -0.133. The molecule has 1 aromatic heterocycles. The number of benzene rings is 1. The SMILES string of the molecule is Cn1nccc1C(=O)N1CCC2(C/C=C/Cc3ccccc3OCC(=O)NCCNC2=O)CC1. The molecule has 1 fully saturated rings. The van der Waals surface area contributed by atoms with Gasteiger partial charge in [0.25, 0.3) is 11.8 Å². The Labute approximate surface area is 199 Å². The van der Waals surface area contributed by atoms with Gasteiger partial charge in [0.05, 0.1) is 5.41 Å². The highest BCUT2D eigenvalue weighted by Gasteiger charge is 2.41. The number of aromatic nitrogens is 2. The Morgan fingerprint density at radius 1 is 1.06 bits per heavy atom. The third-order valence-corrected chi connectivity index (χ3v) is 6.61. The van der Waals surface area contributed by atoms with Crippen LogP contribution in [0.5, 0.6) is 5.75 Å². The second kappa shape index (κ2) is 10.5. The number of hydrogen-bond donors (Lipinski definition) is 2. The first-order valence-corrected chi connectivity index (χ1v) is 11.7. The summed E-state index contributed by atoms with van der Waals surface area (Å²) in [5.74, 6) is 0.349. The van der Waals surface area contributed by atoms with Crippen molar-refractivity contribution in [1.29, 1.82) is 0 Å². The molecule has 0 unspecified atom stereocenters. The molecular weight excluding hydrogens is 434 g/mol. The van der Waals surface area contributed by atoms with Gasteiger partial charge in [-0.3, -0.25) is 19.1 Å². The van der Waals surface area contributed by atoms with E-state index in [9.17, 15) is 14.4 Å². The summed E-state index contributed by atoms with van der Waals surface area (Å²) in [5, 5.41) is 9.85. The number of hydrogen-bond acceptors (Lipinski definition) is 5. The molecule has 2 aliphatic heterocycles. The monoisotopic (exact) mass is 465 g/mol. The van der Waals surface area contributed by atoms with Crippen molar-refractivity contribution in [2.45, 2.75) is 25.7 Å². The molecule has 9 heteroatoms. The van der Waals surface area contributed by atoms with Gasteiger partial charge in [-0.15, -0.1) is 0 Å². The molecule has 2 N–H and O–H groups in total. The summed E-state index contributed by atoms with van der Waals surface area (Å²) in [4.78, 5) is 40.1. The molecule has 0 saturated carbocycles. The Balaban J connectivity index is 1.49. The van der Waals surface area contributed by atoms with Gasteiger partial charge in [-0.25, -0.2) is 0 Å². The number of fused-ring (bicyclic) bond motifs is 1. The molecule has 3 heterocycles. The van der Waals surface area contributed by atoms with Crippen LogP contribution in [-0.2, 0) is 23.1 Å². The van der Waals surface area contributed by atoms with Crippen molar-refractivity contribution < 1.29 is 19.1 Å². The first-order valence-electron chi connectivity index (χ1n) is 11.7. The number of carbonyl (C=O) groups excluding carboxylic acids is 3. The van der Waals surface area contributed by atoms with Crippen LogP contribution in [0.25, 0.3) is 0 Å². The number of aryl methyl sites for hydroxylation is 1. The molecule has 1 spiro atoms. The van der Waals surface area contributed by atoms with Crippen LogP contribution in [0.15, 0.2) is 48.7 Å². The van der Waals surface area contributed by atoms with Crippen LogP contribution in [0.1, 0.15) is 35.3 Å². The molecule has 2 aromatic rings. The topological polar surface area (TPSA) is 106 Å². The van der Waals surface area contributed by atoms with E-state index in [4.69, 9.17) is 4.74 Å². The smallest absolute Gasteiger partial charge is 0.272 e. The van der Waals surface area contributed by atoms with E-state index >= 15 is 0 Å². The number of ether oxygens (including phenoxy) is 1. The molecule has 9 nitrogen and oxygen atoms in total.